The van der Waals surface area contributed by atoms with Gasteiger partial charge in [-0.25, -0.2) is 4.39 Å². The van der Waals surface area contributed by atoms with Crippen molar-refractivity contribution in [2.45, 2.75) is 45.9 Å². The topological polar surface area (TPSA) is 48.9 Å². The molecule has 0 amide bonds. The van der Waals surface area contributed by atoms with Crippen molar-refractivity contribution in [2.24, 2.45) is 10.9 Å². The minimum absolute atomic E-state index is 0. The predicted octanol–water partition coefficient (Wildman–Crippen LogP) is 3.42. The highest BCUT2D eigenvalue weighted by molar-refractivity contribution is 14.0. The van der Waals surface area contributed by atoms with Gasteiger partial charge in [-0.15, -0.1) is 24.0 Å². The Morgan fingerprint density at radius 1 is 1.30 bits per heavy atom. The molecule has 1 aromatic rings. The summed E-state index contributed by atoms with van der Waals surface area (Å²) in [6, 6.07) is 7.34. The lowest BCUT2D eigenvalue weighted by atomic mass is 10.1. The van der Waals surface area contributed by atoms with E-state index in [1.807, 2.05) is 0 Å². The van der Waals surface area contributed by atoms with Crippen LogP contribution in [0.5, 0.6) is 0 Å². The van der Waals surface area contributed by atoms with Gasteiger partial charge in [0.1, 0.15) is 11.9 Å². The lowest BCUT2D eigenvalue weighted by molar-refractivity contribution is 0.111. The van der Waals surface area contributed by atoms with Crippen LogP contribution in [0.1, 0.15) is 39.4 Å². The highest BCUT2D eigenvalue weighted by Crippen LogP contribution is 2.19. The van der Waals surface area contributed by atoms with Crippen molar-refractivity contribution in [1.29, 1.82) is 0 Å². The molecule has 1 aliphatic heterocycles. The molecule has 0 saturated carbocycles. The summed E-state index contributed by atoms with van der Waals surface area (Å²) < 4.78 is 18.7. The second-order valence-electron chi connectivity index (χ2n) is 7.27. The van der Waals surface area contributed by atoms with E-state index in [0.717, 1.165) is 31.2 Å². The Morgan fingerprint density at radius 2 is 1.96 bits per heavy atom. The zero-order chi connectivity index (χ0) is 19.1. The van der Waals surface area contributed by atoms with Crippen LogP contribution in [0, 0.1) is 11.7 Å². The zero-order valence-electron chi connectivity index (χ0n) is 17.0. The first-order valence-corrected chi connectivity index (χ1v) is 9.51. The summed E-state index contributed by atoms with van der Waals surface area (Å²) in [6.07, 6.45) is -0.195. The van der Waals surface area contributed by atoms with Crippen LogP contribution < -0.4 is 10.6 Å². The molecule has 0 radical (unpaired) electrons. The van der Waals surface area contributed by atoms with Gasteiger partial charge >= 0.3 is 0 Å². The SMILES string of the molecule is CCNC(=NCC(OC)c1ccc(F)cc1)NC1CN(C(C)C)CC1C.I. The van der Waals surface area contributed by atoms with Gasteiger partial charge in [0.05, 0.1) is 6.54 Å². The largest absolute Gasteiger partial charge is 0.375 e. The molecule has 1 aliphatic rings. The van der Waals surface area contributed by atoms with E-state index < -0.39 is 0 Å². The number of aliphatic imine (C=N–C) groups is 1. The van der Waals surface area contributed by atoms with Crippen molar-refractivity contribution in [3.63, 3.8) is 0 Å². The van der Waals surface area contributed by atoms with Crippen molar-refractivity contribution < 1.29 is 9.13 Å². The Hall–Kier alpha value is -0.930. The number of nitrogens with zero attached hydrogens (tertiary/aromatic N) is 2. The van der Waals surface area contributed by atoms with Crippen LogP contribution >= 0.6 is 24.0 Å². The first-order chi connectivity index (χ1) is 12.4. The second-order valence-corrected chi connectivity index (χ2v) is 7.27. The number of methoxy groups -OCH3 is 1. The van der Waals surface area contributed by atoms with Crippen molar-refractivity contribution in [2.75, 3.05) is 33.3 Å². The maximum atomic E-state index is 13.1. The third-order valence-corrected chi connectivity index (χ3v) is 4.98. The summed E-state index contributed by atoms with van der Waals surface area (Å²) in [4.78, 5) is 7.20. The minimum atomic E-state index is -0.243. The minimum Gasteiger partial charge on any atom is -0.375 e. The molecule has 0 bridgehead atoms. The summed E-state index contributed by atoms with van der Waals surface area (Å²) in [5.74, 6) is 1.13. The van der Waals surface area contributed by atoms with Gasteiger partial charge in [-0.05, 0) is 44.4 Å². The summed E-state index contributed by atoms with van der Waals surface area (Å²) in [5, 5.41) is 6.89. The molecular weight excluding hydrogens is 458 g/mol. The van der Waals surface area contributed by atoms with Crippen LogP contribution in [-0.4, -0.2) is 56.2 Å². The van der Waals surface area contributed by atoms with Crippen LogP contribution in [0.3, 0.4) is 0 Å². The molecule has 0 aromatic heterocycles. The molecule has 7 heteroatoms. The number of hydrogen-bond acceptors (Lipinski definition) is 3. The number of hydrogen-bond donors (Lipinski definition) is 2. The lowest BCUT2D eigenvalue weighted by Crippen LogP contribution is -2.47. The molecular formula is C20H34FIN4O. The van der Waals surface area contributed by atoms with E-state index in [4.69, 9.17) is 9.73 Å². The molecule has 1 fully saturated rings. The quantitative estimate of drug-likeness (QED) is 0.348. The average molecular weight is 492 g/mol. The Morgan fingerprint density at radius 3 is 2.48 bits per heavy atom. The molecule has 1 saturated heterocycles. The molecule has 2 N–H and O–H groups in total. The molecule has 1 aromatic carbocycles. The van der Waals surface area contributed by atoms with E-state index in [2.05, 4.69) is 43.2 Å². The van der Waals surface area contributed by atoms with Crippen LogP contribution in [0.2, 0.25) is 0 Å². The Bertz CT molecular complexity index is 582. The second kappa shape index (κ2) is 11.8. The summed E-state index contributed by atoms with van der Waals surface area (Å²) in [5.41, 5.74) is 0.925. The Balaban J connectivity index is 0.00000364. The molecule has 154 valence electrons. The van der Waals surface area contributed by atoms with Crippen molar-refractivity contribution in [1.82, 2.24) is 15.5 Å². The van der Waals surface area contributed by atoms with Crippen LogP contribution in [0.15, 0.2) is 29.3 Å². The van der Waals surface area contributed by atoms with Gasteiger partial charge in [0.25, 0.3) is 0 Å². The molecule has 3 atom stereocenters. The number of rotatable bonds is 7. The zero-order valence-corrected chi connectivity index (χ0v) is 19.4. The number of nitrogens with one attached hydrogen (secondary N) is 2. The third kappa shape index (κ3) is 7.19. The summed E-state index contributed by atoms with van der Waals surface area (Å²) >= 11 is 0. The molecule has 1 heterocycles. The van der Waals surface area contributed by atoms with E-state index in [-0.39, 0.29) is 35.9 Å². The van der Waals surface area contributed by atoms with Gasteiger partial charge in [-0.1, -0.05) is 19.1 Å². The maximum Gasteiger partial charge on any atom is 0.191 e. The van der Waals surface area contributed by atoms with E-state index in [1.54, 1.807) is 19.2 Å². The van der Waals surface area contributed by atoms with Gasteiger partial charge < -0.3 is 15.4 Å². The molecule has 27 heavy (non-hydrogen) atoms. The fourth-order valence-corrected chi connectivity index (χ4v) is 3.28. The number of halogens is 2. The number of guanidine groups is 1. The van der Waals surface area contributed by atoms with E-state index in [1.165, 1.54) is 12.1 Å². The van der Waals surface area contributed by atoms with E-state index in [9.17, 15) is 4.39 Å². The normalized spacial score (nSPS) is 21.8. The Kier molecular flexibility index (Phi) is 10.5. The number of ether oxygens (including phenoxy) is 1. The summed E-state index contributed by atoms with van der Waals surface area (Å²) in [7, 11) is 1.66. The first-order valence-electron chi connectivity index (χ1n) is 9.51. The van der Waals surface area contributed by atoms with Crippen LogP contribution in [0.4, 0.5) is 4.39 Å². The lowest BCUT2D eigenvalue weighted by Gasteiger charge is -2.22. The monoisotopic (exact) mass is 492 g/mol. The third-order valence-electron chi connectivity index (χ3n) is 4.98. The highest BCUT2D eigenvalue weighted by Gasteiger charge is 2.31. The maximum absolute atomic E-state index is 13.1. The van der Waals surface area contributed by atoms with Crippen molar-refractivity contribution in [3.05, 3.63) is 35.6 Å². The van der Waals surface area contributed by atoms with Gasteiger partial charge in [-0.3, -0.25) is 9.89 Å². The standard InChI is InChI=1S/C20H33FN4O.HI/c1-6-22-20(24-18-13-25(14(2)3)12-15(18)4)23-11-19(26-5)16-7-9-17(21)10-8-16;/h7-10,14-15,18-19H,6,11-13H2,1-5H3,(H2,22,23,24);1H. The molecule has 0 aliphatic carbocycles. The van der Waals surface area contributed by atoms with Gasteiger partial charge in [-0.2, -0.15) is 0 Å². The highest BCUT2D eigenvalue weighted by atomic mass is 127. The number of benzene rings is 1. The summed E-state index contributed by atoms with van der Waals surface area (Å²) in [6.45, 7) is 12.2. The Labute approximate surface area is 180 Å². The number of likely N-dealkylation sites (tertiary alicyclic amines) is 1. The van der Waals surface area contributed by atoms with E-state index in [0.29, 0.717) is 24.5 Å². The van der Waals surface area contributed by atoms with Crippen molar-refractivity contribution in [3.8, 4) is 0 Å². The van der Waals surface area contributed by atoms with Gasteiger partial charge in [0.15, 0.2) is 5.96 Å². The van der Waals surface area contributed by atoms with E-state index >= 15 is 0 Å². The smallest absolute Gasteiger partial charge is 0.191 e. The van der Waals surface area contributed by atoms with Crippen LogP contribution in [0.25, 0.3) is 0 Å². The molecule has 5 nitrogen and oxygen atoms in total. The van der Waals surface area contributed by atoms with Gasteiger partial charge in [0.2, 0.25) is 0 Å². The first kappa shape index (κ1) is 24.1. The van der Waals surface area contributed by atoms with Gasteiger partial charge in [0, 0.05) is 38.8 Å². The van der Waals surface area contributed by atoms with Crippen LogP contribution in [-0.2, 0) is 4.74 Å². The fourth-order valence-electron chi connectivity index (χ4n) is 3.28. The fraction of sp³-hybridized carbons (Fsp3) is 0.650. The molecule has 0 spiro atoms. The van der Waals surface area contributed by atoms with Crippen molar-refractivity contribution >= 4 is 29.9 Å². The molecule has 2 rings (SSSR count). The predicted molar refractivity (Wildman–Crippen MR) is 120 cm³/mol. The average Bonchev–Trinajstić information content (AvgIpc) is 2.98. The molecule has 3 unspecified atom stereocenters.